The second-order valence-electron chi connectivity index (χ2n) is 3.60. The normalized spacial score (nSPS) is 20.3. The van der Waals surface area contributed by atoms with Crippen LogP contribution in [0.3, 0.4) is 0 Å². The van der Waals surface area contributed by atoms with Crippen molar-refractivity contribution in [1.29, 1.82) is 0 Å². The lowest BCUT2D eigenvalue weighted by atomic mass is 9.96. The highest BCUT2D eigenvalue weighted by atomic mass is 16.5. The van der Waals surface area contributed by atoms with Crippen molar-refractivity contribution in [3.63, 3.8) is 0 Å². The number of fused-ring (bicyclic) bond motifs is 1. The minimum Gasteiger partial charge on any atom is -0.497 e. The van der Waals surface area contributed by atoms with Crippen molar-refractivity contribution in [2.75, 3.05) is 13.7 Å². The topological polar surface area (TPSA) is 41.5 Å². The third-order valence-corrected chi connectivity index (χ3v) is 2.68. The van der Waals surface area contributed by atoms with Crippen molar-refractivity contribution in [1.82, 2.24) is 5.32 Å². The fraction of sp³-hybridized carbons (Fsp3) is 0.455. The minimum atomic E-state index is 0.189. The van der Waals surface area contributed by atoms with Crippen molar-refractivity contribution in [2.24, 2.45) is 0 Å². The van der Waals surface area contributed by atoms with E-state index < -0.39 is 0 Å². The second-order valence-corrected chi connectivity index (χ2v) is 3.60. The number of hydrogen-bond acceptors (Lipinski definition) is 3. The van der Waals surface area contributed by atoms with Crippen LogP contribution in [0.5, 0.6) is 5.75 Å². The van der Waals surface area contributed by atoms with Gasteiger partial charge in [-0.1, -0.05) is 6.07 Å². The van der Waals surface area contributed by atoms with Crippen LogP contribution in [0.4, 0.5) is 0 Å². The van der Waals surface area contributed by atoms with Gasteiger partial charge in [0.15, 0.2) is 0 Å². The van der Waals surface area contributed by atoms with Gasteiger partial charge in [0.05, 0.1) is 13.7 Å². The molecule has 1 aromatic carbocycles. The highest BCUT2D eigenvalue weighted by Crippen LogP contribution is 2.22. The van der Waals surface area contributed by atoms with Gasteiger partial charge < -0.3 is 15.2 Å². The smallest absolute Gasteiger partial charge is 0.119 e. The Morgan fingerprint density at radius 3 is 3.07 bits per heavy atom. The van der Waals surface area contributed by atoms with E-state index in [0.717, 1.165) is 18.7 Å². The van der Waals surface area contributed by atoms with Gasteiger partial charge in [-0.3, -0.25) is 0 Å². The lowest BCUT2D eigenvalue weighted by Crippen LogP contribution is -2.38. The molecule has 1 heterocycles. The summed E-state index contributed by atoms with van der Waals surface area (Å²) in [6, 6.07) is 6.29. The Balaban J connectivity index is 2.25. The molecule has 76 valence electrons. The van der Waals surface area contributed by atoms with Crippen molar-refractivity contribution in [3.8, 4) is 5.75 Å². The third-order valence-electron chi connectivity index (χ3n) is 2.68. The fourth-order valence-corrected chi connectivity index (χ4v) is 1.81. The summed E-state index contributed by atoms with van der Waals surface area (Å²) < 4.78 is 5.17. The summed E-state index contributed by atoms with van der Waals surface area (Å²) in [6.07, 6.45) is 0.878. The number of aliphatic hydroxyl groups is 1. The average molecular weight is 193 g/mol. The van der Waals surface area contributed by atoms with Crippen LogP contribution in [0.15, 0.2) is 18.2 Å². The van der Waals surface area contributed by atoms with Crippen LogP contribution in [0.1, 0.15) is 11.1 Å². The molecule has 3 heteroatoms. The minimum absolute atomic E-state index is 0.189. The first-order chi connectivity index (χ1) is 6.83. The molecule has 1 aliphatic rings. The largest absolute Gasteiger partial charge is 0.497 e. The standard InChI is InChI=1S/C11H15NO2/c1-14-11-3-2-8-6-12-10(7-13)4-9(8)5-11/h2-3,5,10,12-13H,4,6-7H2,1H3/t10-/m1/s1. The molecule has 0 spiro atoms. The Labute approximate surface area is 83.7 Å². The maximum absolute atomic E-state index is 9.05. The molecule has 0 unspecified atom stereocenters. The fourth-order valence-electron chi connectivity index (χ4n) is 1.81. The van der Waals surface area contributed by atoms with E-state index in [1.807, 2.05) is 6.07 Å². The molecule has 1 atom stereocenters. The first kappa shape index (κ1) is 9.49. The zero-order chi connectivity index (χ0) is 9.97. The maximum Gasteiger partial charge on any atom is 0.119 e. The van der Waals surface area contributed by atoms with Gasteiger partial charge in [-0.05, 0) is 29.7 Å². The zero-order valence-corrected chi connectivity index (χ0v) is 8.29. The van der Waals surface area contributed by atoms with Crippen LogP contribution in [-0.2, 0) is 13.0 Å². The summed E-state index contributed by atoms with van der Waals surface area (Å²) in [6.45, 7) is 1.03. The molecule has 3 nitrogen and oxygen atoms in total. The molecule has 2 rings (SSSR count). The van der Waals surface area contributed by atoms with E-state index in [0.29, 0.717) is 0 Å². The van der Waals surface area contributed by atoms with Crippen LogP contribution in [0.2, 0.25) is 0 Å². The number of aliphatic hydroxyl groups excluding tert-OH is 1. The molecule has 0 fully saturated rings. The lowest BCUT2D eigenvalue weighted by Gasteiger charge is -2.24. The van der Waals surface area contributed by atoms with Crippen LogP contribution in [-0.4, -0.2) is 24.9 Å². The quantitative estimate of drug-likeness (QED) is 0.726. The van der Waals surface area contributed by atoms with E-state index in [9.17, 15) is 0 Å². The van der Waals surface area contributed by atoms with Gasteiger partial charge in [0.2, 0.25) is 0 Å². The van der Waals surface area contributed by atoms with Crippen molar-refractivity contribution in [3.05, 3.63) is 29.3 Å². The molecule has 0 saturated carbocycles. The predicted molar refractivity (Wildman–Crippen MR) is 54.4 cm³/mol. The molecule has 0 saturated heterocycles. The number of rotatable bonds is 2. The van der Waals surface area contributed by atoms with E-state index in [1.54, 1.807) is 7.11 Å². The molecule has 14 heavy (non-hydrogen) atoms. The molecule has 2 N–H and O–H groups in total. The molecular formula is C11H15NO2. The SMILES string of the molecule is COc1ccc2c(c1)C[C@H](CO)NC2. The summed E-state index contributed by atoms with van der Waals surface area (Å²) in [5.74, 6) is 0.891. The molecule has 0 radical (unpaired) electrons. The summed E-state index contributed by atoms with van der Waals surface area (Å²) >= 11 is 0. The predicted octanol–water partition coefficient (Wildman–Crippen LogP) is 0.702. The molecule has 1 aromatic rings. The van der Waals surface area contributed by atoms with Crippen LogP contribution >= 0.6 is 0 Å². The summed E-state index contributed by atoms with van der Waals surface area (Å²) in [4.78, 5) is 0. The van der Waals surface area contributed by atoms with Gasteiger partial charge in [-0.25, -0.2) is 0 Å². The van der Waals surface area contributed by atoms with E-state index in [-0.39, 0.29) is 12.6 Å². The van der Waals surface area contributed by atoms with Gasteiger partial charge in [0, 0.05) is 12.6 Å². The van der Waals surface area contributed by atoms with Gasteiger partial charge in [0.25, 0.3) is 0 Å². The van der Waals surface area contributed by atoms with Crippen LogP contribution in [0.25, 0.3) is 0 Å². The van der Waals surface area contributed by atoms with Crippen molar-refractivity contribution >= 4 is 0 Å². The van der Waals surface area contributed by atoms with Crippen molar-refractivity contribution < 1.29 is 9.84 Å². The van der Waals surface area contributed by atoms with Gasteiger partial charge in [0.1, 0.15) is 5.75 Å². The maximum atomic E-state index is 9.05. The van der Waals surface area contributed by atoms with E-state index in [1.165, 1.54) is 11.1 Å². The molecule has 0 bridgehead atoms. The first-order valence-corrected chi connectivity index (χ1v) is 4.83. The number of ether oxygens (including phenoxy) is 1. The highest BCUT2D eigenvalue weighted by Gasteiger charge is 2.17. The Kier molecular flexibility index (Phi) is 2.70. The Hall–Kier alpha value is -1.06. The first-order valence-electron chi connectivity index (χ1n) is 4.83. The summed E-state index contributed by atoms with van der Waals surface area (Å²) in [5.41, 5.74) is 2.58. The third kappa shape index (κ3) is 1.74. The van der Waals surface area contributed by atoms with E-state index in [4.69, 9.17) is 9.84 Å². The molecule has 0 aromatic heterocycles. The molecular weight excluding hydrogens is 178 g/mol. The molecule has 0 aliphatic carbocycles. The lowest BCUT2D eigenvalue weighted by molar-refractivity contribution is 0.235. The summed E-state index contributed by atoms with van der Waals surface area (Å²) in [5, 5.41) is 12.3. The monoisotopic (exact) mass is 193 g/mol. The molecule has 1 aliphatic heterocycles. The van der Waals surface area contributed by atoms with Gasteiger partial charge >= 0.3 is 0 Å². The second kappa shape index (κ2) is 3.98. The number of nitrogens with one attached hydrogen (secondary N) is 1. The van der Waals surface area contributed by atoms with Crippen LogP contribution in [0, 0.1) is 0 Å². The number of hydrogen-bond donors (Lipinski definition) is 2. The zero-order valence-electron chi connectivity index (χ0n) is 8.29. The Bertz CT molecular complexity index is 325. The molecule has 0 amide bonds. The highest BCUT2D eigenvalue weighted by molar-refractivity contribution is 5.37. The van der Waals surface area contributed by atoms with Crippen molar-refractivity contribution in [2.45, 2.75) is 19.0 Å². The van der Waals surface area contributed by atoms with Gasteiger partial charge in [-0.2, -0.15) is 0 Å². The number of methoxy groups -OCH3 is 1. The number of benzene rings is 1. The van der Waals surface area contributed by atoms with E-state index in [2.05, 4.69) is 17.4 Å². The average Bonchev–Trinajstić information content (AvgIpc) is 2.27. The Morgan fingerprint density at radius 2 is 2.36 bits per heavy atom. The van der Waals surface area contributed by atoms with E-state index >= 15 is 0 Å². The van der Waals surface area contributed by atoms with Gasteiger partial charge in [-0.15, -0.1) is 0 Å². The van der Waals surface area contributed by atoms with Crippen LogP contribution < -0.4 is 10.1 Å². The Morgan fingerprint density at radius 1 is 1.50 bits per heavy atom. The summed E-state index contributed by atoms with van der Waals surface area (Å²) in [7, 11) is 1.67.